The van der Waals surface area contributed by atoms with E-state index in [0.29, 0.717) is 11.5 Å². The quantitative estimate of drug-likeness (QED) is 0.863. The van der Waals surface area contributed by atoms with E-state index >= 15 is 0 Å². The summed E-state index contributed by atoms with van der Waals surface area (Å²) in [6.45, 7) is 0. The Labute approximate surface area is 110 Å². The van der Waals surface area contributed by atoms with Crippen LogP contribution < -0.4 is 15.8 Å². The van der Waals surface area contributed by atoms with Crippen molar-refractivity contribution in [3.05, 3.63) is 52.6 Å². The fourth-order valence-corrected chi connectivity index (χ4v) is 1.62. The van der Waals surface area contributed by atoms with E-state index in [0.717, 1.165) is 0 Å². The van der Waals surface area contributed by atoms with Crippen molar-refractivity contribution in [3.63, 3.8) is 0 Å². The monoisotopic (exact) mass is 258 g/mol. The van der Waals surface area contributed by atoms with Crippen LogP contribution in [0.4, 0.5) is 11.5 Å². The molecule has 0 aliphatic heterocycles. The zero-order valence-electron chi connectivity index (χ0n) is 10.7. The molecule has 2 heterocycles. The molecule has 2 rings (SSSR count). The molecule has 0 aliphatic rings. The van der Waals surface area contributed by atoms with Gasteiger partial charge in [-0.05, 0) is 18.2 Å². The van der Waals surface area contributed by atoms with E-state index in [-0.39, 0.29) is 17.2 Å². The van der Waals surface area contributed by atoms with Crippen LogP contribution in [0.3, 0.4) is 0 Å². The summed E-state index contributed by atoms with van der Waals surface area (Å²) in [5.74, 6) is 0.267. The molecule has 98 valence electrons. The highest BCUT2D eigenvalue weighted by Gasteiger charge is 2.11. The number of pyridine rings is 2. The van der Waals surface area contributed by atoms with Crippen LogP contribution in [-0.4, -0.2) is 30.0 Å². The molecule has 0 aromatic carbocycles. The van der Waals surface area contributed by atoms with Crippen molar-refractivity contribution in [3.8, 4) is 0 Å². The standard InChI is InChI=1S/C13H14N4O2/c1-17(2)12-9(6-4-8-14-12)16-13(19)10-5-3-7-11(18)15-10/h3-8H,1-2H3,(H,15,18)(H,16,19). The summed E-state index contributed by atoms with van der Waals surface area (Å²) in [5.41, 5.74) is 0.481. The van der Waals surface area contributed by atoms with Crippen LogP contribution in [0.1, 0.15) is 10.5 Å². The highest BCUT2D eigenvalue weighted by atomic mass is 16.2. The number of anilines is 2. The molecule has 0 unspecified atom stereocenters. The lowest BCUT2D eigenvalue weighted by atomic mass is 10.3. The van der Waals surface area contributed by atoms with Gasteiger partial charge in [-0.3, -0.25) is 9.59 Å². The number of aromatic amines is 1. The maximum atomic E-state index is 12.0. The van der Waals surface area contributed by atoms with Gasteiger partial charge in [-0.1, -0.05) is 6.07 Å². The maximum Gasteiger partial charge on any atom is 0.272 e. The zero-order chi connectivity index (χ0) is 13.8. The van der Waals surface area contributed by atoms with Gasteiger partial charge in [0.15, 0.2) is 5.82 Å². The minimum atomic E-state index is -0.381. The Bertz CT molecular complexity index is 649. The Morgan fingerprint density at radius 1 is 1.26 bits per heavy atom. The fraction of sp³-hybridized carbons (Fsp3) is 0.154. The van der Waals surface area contributed by atoms with E-state index in [1.54, 1.807) is 29.3 Å². The summed E-state index contributed by atoms with van der Waals surface area (Å²) < 4.78 is 0. The molecular weight excluding hydrogens is 244 g/mol. The molecule has 0 radical (unpaired) electrons. The van der Waals surface area contributed by atoms with Gasteiger partial charge in [0.1, 0.15) is 5.69 Å². The van der Waals surface area contributed by atoms with Gasteiger partial charge < -0.3 is 15.2 Å². The van der Waals surface area contributed by atoms with E-state index in [2.05, 4.69) is 15.3 Å². The summed E-state index contributed by atoms with van der Waals surface area (Å²) in [7, 11) is 3.67. The molecule has 0 spiro atoms. The molecule has 2 aromatic heterocycles. The van der Waals surface area contributed by atoms with E-state index < -0.39 is 0 Å². The third kappa shape index (κ3) is 2.98. The summed E-state index contributed by atoms with van der Waals surface area (Å²) in [6, 6.07) is 7.91. The molecule has 2 N–H and O–H groups in total. The van der Waals surface area contributed by atoms with Gasteiger partial charge in [-0.2, -0.15) is 0 Å². The molecule has 6 nitrogen and oxygen atoms in total. The van der Waals surface area contributed by atoms with Gasteiger partial charge in [-0.15, -0.1) is 0 Å². The van der Waals surface area contributed by atoms with Crippen LogP contribution in [0.5, 0.6) is 0 Å². The molecule has 0 bridgehead atoms. The topological polar surface area (TPSA) is 78.1 Å². The molecule has 2 aromatic rings. The number of rotatable bonds is 3. The number of nitrogens with zero attached hydrogens (tertiary/aromatic N) is 2. The van der Waals surface area contributed by atoms with Crippen molar-refractivity contribution in [1.82, 2.24) is 9.97 Å². The molecule has 19 heavy (non-hydrogen) atoms. The fourth-order valence-electron chi connectivity index (χ4n) is 1.62. The van der Waals surface area contributed by atoms with Crippen LogP contribution in [0, 0.1) is 0 Å². The number of nitrogens with one attached hydrogen (secondary N) is 2. The molecule has 6 heteroatoms. The van der Waals surface area contributed by atoms with Gasteiger partial charge in [0, 0.05) is 26.4 Å². The Morgan fingerprint density at radius 3 is 2.74 bits per heavy atom. The first-order valence-electron chi connectivity index (χ1n) is 5.71. The lowest BCUT2D eigenvalue weighted by Crippen LogP contribution is -2.20. The number of amides is 1. The summed E-state index contributed by atoms with van der Waals surface area (Å²) in [5, 5.41) is 2.72. The van der Waals surface area contributed by atoms with Crippen molar-refractivity contribution in [1.29, 1.82) is 0 Å². The summed E-state index contributed by atoms with van der Waals surface area (Å²) in [6.07, 6.45) is 1.65. The van der Waals surface area contributed by atoms with Crippen LogP contribution in [0.15, 0.2) is 41.3 Å². The maximum absolute atomic E-state index is 12.0. The molecule has 0 fully saturated rings. The van der Waals surface area contributed by atoms with Gasteiger partial charge in [-0.25, -0.2) is 4.98 Å². The van der Waals surface area contributed by atoms with Gasteiger partial charge in [0.25, 0.3) is 5.91 Å². The zero-order valence-corrected chi connectivity index (χ0v) is 10.7. The molecule has 0 aliphatic carbocycles. The highest BCUT2D eigenvalue weighted by Crippen LogP contribution is 2.20. The smallest absolute Gasteiger partial charge is 0.272 e. The van der Waals surface area contributed by atoms with Gasteiger partial charge >= 0.3 is 0 Å². The van der Waals surface area contributed by atoms with Crippen LogP contribution >= 0.6 is 0 Å². The van der Waals surface area contributed by atoms with Crippen molar-refractivity contribution in [2.45, 2.75) is 0 Å². The van der Waals surface area contributed by atoms with E-state index in [1.165, 1.54) is 12.1 Å². The average molecular weight is 258 g/mol. The van der Waals surface area contributed by atoms with Gasteiger partial charge in [0.05, 0.1) is 5.69 Å². The van der Waals surface area contributed by atoms with Crippen LogP contribution in [0.2, 0.25) is 0 Å². The van der Waals surface area contributed by atoms with E-state index in [4.69, 9.17) is 0 Å². The molecule has 0 saturated carbocycles. The van der Waals surface area contributed by atoms with Crippen molar-refractivity contribution in [2.75, 3.05) is 24.3 Å². The Hall–Kier alpha value is -2.63. The largest absolute Gasteiger partial charge is 0.361 e. The minimum absolute atomic E-state index is 0.209. The first-order valence-corrected chi connectivity index (χ1v) is 5.71. The van der Waals surface area contributed by atoms with Crippen molar-refractivity contribution < 1.29 is 4.79 Å². The van der Waals surface area contributed by atoms with Crippen LogP contribution in [0.25, 0.3) is 0 Å². The Kier molecular flexibility index (Phi) is 3.61. The summed E-state index contributed by atoms with van der Waals surface area (Å²) in [4.78, 5) is 31.6. The second-order valence-electron chi connectivity index (χ2n) is 4.15. The van der Waals surface area contributed by atoms with Crippen molar-refractivity contribution >= 4 is 17.4 Å². The number of carbonyl (C=O) groups is 1. The SMILES string of the molecule is CN(C)c1ncccc1NC(=O)c1cccc(=O)[nH]1. The lowest BCUT2D eigenvalue weighted by Gasteiger charge is -2.16. The van der Waals surface area contributed by atoms with Crippen LogP contribution in [-0.2, 0) is 0 Å². The Morgan fingerprint density at radius 2 is 2.05 bits per heavy atom. The minimum Gasteiger partial charge on any atom is -0.361 e. The summed E-state index contributed by atoms with van der Waals surface area (Å²) >= 11 is 0. The number of hydrogen-bond donors (Lipinski definition) is 2. The first-order chi connectivity index (χ1) is 9.08. The molecule has 0 atom stereocenters. The molecule has 1 amide bonds. The number of hydrogen-bond acceptors (Lipinski definition) is 4. The number of H-pyrrole nitrogens is 1. The second kappa shape index (κ2) is 5.34. The third-order valence-corrected chi connectivity index (χ3v) is 2.47. The number of aromatic nitrogens is 2. The predicted molar refractivity (Wildman–Crippen MR) is 73.6 cm³/mol. The molecular formula is C13H14N4O2. The Balaban J connectivity index is 2.27. The van der Waals surface area contributed by atoms with E-state index in [1.807, 2.05) is 14.1 Å². The number of carbonyl (C=O) groups excluding carboxylic acids is 1. The average Bonchev–Trinajstić information content (AvgIpc) is 2.39. The first kappa shape index (κ1) is 12.8. The third-order valence-electron chi connectivity index (χ3n) is 2.47. The highest BCUT2D eigenvalue weighted by molar-refractivity contribution is 6.04. The van der Waals surface area contributed by atoms with Crippen molar-refractivity contribution in [2.24, 2.45) is 0 Å². The normalized spacial score (nSPS) is 10.0. The second-order valence-corrected chi connectivity index (χ2v) is 4.15. The van der Waals surface area contributed by atoms with E-state index in [9.17, 15) is 9.59 Å². The molecule has 0 saturated heterocycles. The lowest BCUT2D eigenvalue weighted by molar-refractivity contribution is 0.102. The predicted octanol–water partition coefficient (Wildman–Crippen LogP) is 1.09. The van der Waals surface area contributed by atoms with Gasteiger partial charge in [0.2, 0.25) is 5.56 Å².